The molecule has 0 bridgehead atoms. The standard InChI is InChI=1S/C5H12N2O2/c1-4(3-6)9-5(8)7-2/h4H,3,6H2,1-2H3,(H,7,8). The SMILES string of the molecule is CNC(=O)OC(C)CN. The molecule has 1 atom stereocenters. The molecule has 0 spiro atoms. The summed E-state index contributed by atoms with van der Waals surface area (Å²) in [6.45, 7) is 2.09. The molecule has 0 radical (unpaired) electrons. The molecule has 0 aliphatic heterocycles. The van der Waals surface area contributed by atoms with E-state index in [-0.39, 0.29) is 6.10 Å². The van der Waals surface area contributed by atoms with Crippen molar-refractivity contribution in [3.05, 3.63) is 0 Å². The van der Waals surface area contributed by atoms with E-state index in [0.29, 0.717) is 6.54 Å². The molecule has 3 N–H and O–H groups in total. The fraction of sp³-hybridized carbons (Fsp3) is 0.800. The van der Waals surface area contributed by atoms with Crippen molar-refractivity contribution < 1.29 is 9.53 Å². The summed E-state index contributed by atoms with van der Waals surface area (Å²) in [6.07, 6.45) is -0.641. The largest absolute Gasteiger partial charge is 0.445 e. The van der Waals surface area contributed by atoms with Crippen molar-refractivity contribution in [3.8, 4) is 0 Å². The average Bonchev–Trinajstić information content (AvgIpc) is 1.87. The number of nitrogens with one attached hydrogen (secondary N) is 1. The number of rotatable bonds is 2. The summed E-state index contributed by atoms with van der Waals surface area (Å²) in [6, 6.07) is 0. The highest BCUT2D eigenvalue weighted by atomic mass is 16.6. The molecule has 1 amide bonds. The lowest BCUT2D eigenvalue weighted by molar-refractivity contribution is 0.112. The predicted octanol–water partition coefficient (Wildman–Crippen LogP) is -0.310. The Balaban J connectivity index is 3.34. The first kappa shape index (κ1) is 8.23. The van der Waals surface area contributed by atoms with Crippen molar-refractivity contribution in [2.75, 3.05) is 13.6 Å². The third-order valence-electron chi connectivity index (χ3n) is 0.844. The van der Waals surface area contributed by atoms with Crippen molar-refractivity contribution in [1.29, 1.82) is 0 Å². The fourth-order valence-electron chi connectivity index (χ4n) is 0.290. The normalized spacial score (nSPS) is 12.3. The Kier molecular flexibility index (Phi) is 3.79. The molecule has 0 aliphatic rings. The third kappa shape index (κ3) is 3.78. The predicted molar refractivity (Wildman–Crippen MR) is 34.1 cm³/mol. The van der Waals surface area contributed by atoms with Gasteiger partial charge in [-0.2, -0.15) is 0 Å². The van der Waals surface area contributed by atoms with Crippen LogP contribution in [0.15, 0.2) is 0 Å². The molecule has 0 aromatic heterocycles. The topological polar surface area (TPSA) is 64.3 Å². The molecule has 1 unspecified atom stereocenters. The first-order valence-electron chi connectivity index (χ1n) is 2.79. The summed E-state index contributed by atoms with van der Waals surface area (Å²) in [5.41, 5.74) is 5.17. The number of hydrogen-bond acceptors (Lipinski definition) is 3. The van der Waals surface area contributed by atoms with E-state index in [4.69, 9.17) is 5.73 Å². The number of amides is 1. The molecule has 0 aliphatic carbocycles. The number of alkyl carbamates (subject to hydrolysis) is 1. The molecule has 0 rings (SSSR count). The van der Waals surface area contributed by atoms with E-state index in [1.165, 1.54) is 7.05 Å². The number of carbonyl (C=O) groups excluding carboxylic acids is 1. The molecule has 0 aromatic rings. The van der Waals surface area contributed by atoms with E-state index in [2.05, 4.69) is 10.1 Å². The van der Waals surface area contributed by atoms with Crippen molar-refractivity contribution in [2.24, 2.45) is 5.73 Å². The Bertz CT molecular complexity index is 95.0. The molecule has 0 fully saturated rings. The van der Waals surface area contributed by atoms with Crippen molar-refractivity contribution >= 4 is 6.09 Å². The van der Waals surface area contributed by atoms with Gasteiger partial charge in [-0.3, -0.25) is 0 Å². The molecule has 0 saturated heterocycles. The minimum atomic E-state index is -0.437. The van der Waals surface area contributed by atoms with E-state index in [1.54, 1.807) is 6.92 Å². The first-order valence-corrected chi connectivity index (χ1v) is 2.79. The third-order valence-corrected chi connectivity index (χ3v) is 0.844. The van der Waals surface area contributed by atoms with Gasteiger partial charge in [-0.15, -0.1) is 0 Å². The maximum absolute atomic E-state index is 10.4. The van der Waals surface area contributed by atoms with Gasteiger partial charge in [0, 0.05) is 13.6 Å². The number of nitrogens with two attached hydrogens (primary N) is 1. The monoisotopic (exact) mass is 132 g/mol. The van der Waals surface area contributed by atoms with E-state index < -0.39 is 6.09 Å². The molecule has 0 saturated carbocycles. The van der Waals surface area contributed by atoms with E-state index in [1.807, 2.05) is 0 Å². The quantitative estimate of drug-likeness (QED) is 0.541. The van der Waals surface area contributed by atoms with Crippen molar-refractivity contribution in [2.45, 2.75) is 13.0 Å². The Morgan fingerprint density at radius 3 is 2.78 bits per heavy atom. The molecule has 54 valence electrons. The van der Waals surface area contributed by atoms with Crippen LogP contribution in [0.5, 0.6) is 0 Å². The second-order valence-corrected chi connectivity index (χ2v) is 1.70. The van der Waals surface area contributed by atoms with E-state index in [0.717, 1.165) is 0 Å². The molecular weight excluding hydrogens is 120 g/mol. The minimum Gasteiger partial charge on any atom is -0.445 e. The highest BCUT2D eigenvalue weighted by Gasteiger charge is 2.02. The van der Waals surface area contributed by atoms with Crippen LogP contribution in [0.2, 0.25) is 0 Å². The summed E-state index contributed by atoms with van der Waals surface area (Å²) < 4.78 is 4.67. The summed E-state index contributed by atoms with van der Waals surface area (Å²) in [5.74, 6) is 0. The second-order valence-electron chi connectivity index (χ2n) is 1.70. The van der Waals surface area contributed by atoms with E-state index in [9.17, 15) is 4.79 Å². The number of hydrogen-bond donors (Lipinski definition) is 2. The second kappa shape index (κ2) is 4.14. The van der Waals surface area contributed by atoms with Crippen LogP contribution in [0.1, 0.15) is 6.92 Å². The van der Waals surface area contributed by atoms with Gasteiger partial charge < -0.3 is 15.8 Å². The lowest BCUT2D eigenvalue weighted by Gasteiger charge is -2.08. The zero-order valence-electron chi connectivity index (χ0n) is 5.68. The van der Waals surface area contributed by atoms with Crippen LogP contribution >= 0.6 is 0 Å². The summed E-state index contributed by atoms with van der Waals surface area (Å²) in [7, 11) is 1.51. The van der Waals surface area contributed by atoms with Gasteiger partial charge in [-0.25, -0.2) is 4.79 Å². The first-order chi connectivity index (χ1) is 4.20. The van der Waals surface area contributed by atoms with Crippen LogP contribution in [0, 0.1) is 0 Å². The van der Waals surface area contributed by atoms with Gasteiger partial charge in [-0.05, 0) is 6.92 Å². The molecule has 4 nitrogen and oxygen atoms in total. The van der Waals surface area contributed by atoms with Crippen molar-refractivity contribution in [1.82, 2.24) is 5.32 Å². The van der Waals surface area contributed by atoms with Gasteiger partial charge >= 0.3 is 6.09 Å². The number of ether oxygens (including phenoxy) is 1. The van der Waals surface area contributed by atoms with Crippen LogP contribution in [-0.4, -0.2) is 25.8 Å². The van der Waals surface area contributed by atoms with Gasteiger partial charge in [0.2, 0.25) is 0 Å². The van der Waals surface area contributed by atoms with Crippen LogP contribution in [0.25, 0.3) is 0 Å². The molecule has 4 heteroatoms. The molecule has 0 aromatic carbocycles. The Morgan fingerprint density at radius 1 is 1.89 bits per heavy atom. The van der Waals surface area contributed by atoms with Gasteiger partial charge in [0.15, 0.2) is 0 Å². The number of carbonyl (C=O) groups is 1. The van der Waals surface area contributed by atoms with Gasteiger partial charge in [0.25, 0.3) is 0 Å². The van der Waals surface area contributed by atoms with Gasteiger partial charge in [0.05, 0.1) is 0 Å². The summed E-state index contributed by atoms with van der Waals surface area (Å²) in [5, 5.41) is 2.31. The highest BCUT2D eigenvalue weighted by Crippen LogP contribution is 1.85. The Hall–Kier alpha value is -0.770. The molecular formula is C5H12N2O2. The van der Waals surface area contributed by atoms with Crippen LogP contribution in [-0.2, 0) is 4.74 Å². The van der Waals surface area contributed by atoms with Gasteiger partial charge in [-0.1, -0.05) is 0 Å². The zero-order chi connectivity index (χ0) is 7.28. The van der Waals surface area contributed by atoms with Crippen LogP contribution in [0.4, 0.5) is 4.79 Å². The Labute approximate surface area is 54.4 Å². The van der Waals surface area contributed by atoms with Gasteiger partial charge in [0.1, 0.15) is 6.10 Å². The van der Waals surface area contributed by atoms with E-state index >= 15 is 0 Å². The molecule has 0 heterocycles. The van der Waals surface area contributed by atoms with Crippen molar-refractivity contribution in [3.63, 3.8) is 0 Å². The highest BCUT2D eigenvalue weighted by molar-refractivity contribution is 5.66. The average molecular weight is 132 g/mol. The maximum Gasteiger partial charge on any atom is 0.407 e. The van der Waals surface area contributed by atoms with Crippen LogP contribution in [0.3, 0.4) is 0 Å². The van der Waals surface area contributed by atoms with Crippen LogP contribution < -0.4 is 11.1 Å². The maximum atomic E-state index is 10.4. The molecule has 9 heavy (non-hydrogen) atoms. The zero-order valence-corrected chi connectivity index (χ0v) is 5.68. The minimum absolute atomic E-state index is 0.204. The lowest BCUT2D eigenvalue weighted by atomic mass is 10.4. The fourth-order valence-corrected chi connectivity index (χ4v) is 0.290. The summed E-state index contributed by atoms with van der Waals surface area (Å²) in [4.78, 5) is 10.4. The Morgan fingerprint density at radius 2 is 2.44 bits per heavy atom. The lowest BCUT2D eigenvalue weighted by Crippen LogP contribution is -2.28. The smallest absolute Gasteiger partial charge is 0.407 e. The summed E-state index contributed by atoms with van der Waals surface area (Å²) >= 11 is 0.